The van der Waals surface area contributed by atoms with Gasteiger partial charge in [-0.3, -0.25) is 4.90 Å². The molecule has 0 N–H and O–H groups in total. The van der Waals surface area contributed by atoms with Crippen LogP contribution in [0.3, 0.4) is 0 Å². The summed E-state index contributed by atoms with van der Waals surface area (Å²) in [6.07, 6.45) is -0.453. The molecule has 3 rings (SSSR count). The molecular formula is C14H20F2N2O3S. The summed E-state index contributed by atoms with van der Waals surface area (Å²) < 4.78 is 56.3. The van der Waals surface area contributed by atoms with Gasteiger partial charge >= 0.3 is 0 Å². The quantitative estimate of drug-likeness (QED) is 0.793. The van der Waals surface area contributed by atoms with E-state index in [1.807, 2.05) is 12.1 Å². The first-order valence-corrected chi connectivity index (χ1v) is 9.07. The van der Waals surface area contributed by atoms with E-state index < -0.39 is 22.4 Å². The molecule has 1 saturated carbocycles. The maximum atomic E-state index is 12.5. The Morgan fingerprint density at radius 2 is 2.00 bits per heavy atom. The number of rotatable bonds is 6. The number of furan rings is 1. The van der Waals surface area contributed by atoms with Crippen LogP contribution in [0, 0.1) is 11.8 Å². The molecule has 0 unspecified atom stereocenters. The molecule has 1 aliphatic carbocycles. The SMILES string of the molecule is O=S(=O)(C[C@@H]1C[C@H]1C(F)F)N1CCN(Cc2ccco2)CC1. The summed E-state index contributed by atoms with van der Waals surface area (Å²) in [7, 11) is -3.42. The highest BCUT2D eigenvalue weighted by atomic mass is 32.2. The highest BCUT2D eigenvalue weighted by Gasteiger charge is 2.47. The van der Waals surface area contributed by atoms with E-state index >= 15 is 0 Å². The number of sulfonamides is 1. The van der Waals surface area contributed by atoms with Crippen molar-refractivity contribution in [1.29, 1.82) is 0 Å². The Labute approximate surface area is 128 Å². The zero-order valence-electron chi connectivity index (χ0n) is 12.2. The van der Waals surface area contributed by atoms with Gasteiger partial charge in [0.2, 0.25) is 16.4 Å². The van der Waals surface area contributed by atoms with E-state index in [0.29, 0.717) is 39.1 Å². The van der Waals surface area contributed by atoms with Gasteiger partial charge in [0.05, 0.1) is 18.6 Å². The Kier molecular flexibility index (Phi) is 4.52. The maximum Gasteiger partial charge on any atom is 0.241 e. The molecule has 2 atom stereocenters. The van der Waals surface area contributed by atoms with Crippen molar-refractivity contribution in [1.82, 2.24) is 9.21 Å². The van der Waals surface area contributed by atoms with Crippen LogP contribution in [0.5, 0.6) is 0 Å². The van der Waals surface area contributed by atoms with Crippen molar-refractivity contribution in [3.05, 3.63) is 24.2 Å². The summed E-state index contributed by atoms with van der Waals surface area (Å²) in [5.41, 5.74) is 0. The molecule has 2 aliphatic rings. The Bertz CT molecular complexity index is 583. The molecular weight excluding hydrogens is 314 g/mol. The second-order valence-corrected chi connectivity index (χ2v) is 8.04. The number of halogens is 2. The molecule has 5 nitrogen and oxygen atoms in total. The van der Waals surface area contributed by atoms with Crippen molar-refractivity contribution in [2.75, 3.05) is 31.9 Å². The average molecular weight is 334 g/mol. The number of piperazine rings is 1. The van der Waals surface area contributed by atoms with Crippen LogP contribution in [0.4, 0.5) is 8.78 Å². The predicted molar refractivity (Wildman–Crippen MR) is 76.9 cm³/mol. The fourth-order valence-corrected chi connectivity index (χ4v) is 4.79. The minimum atomic E-state index is -3.42. The third kappa shape index (κ3) is 3.67. The third-order valence-corrected chi connectivity index (χ3v) is 6.41. The minimum absolute atomic E-state index is 0.139. The molecule has 0 spiro atoms. The Balaban J connectivity index is 1.48. The van der Waals surface area contributed by atoms with Crippen molar-refractivity contribution in [3.8, 4) is 0 Å². The highest BCUT2D eigenvalue weighted by Crippen LogP contribution is 2.44. The Morgan fingerprint density at radius 1 is 1.27 bits per heavy atom. The molecule has 1 aromatic rings. The Morgan fingerprint density at radius 3 is 2.55 bits per heavy atom. The van der Waals surface area contributed by atoms with Gasteiger partial charge < -0.3 is 4.42 Å². The largest absolute Gasteiger partial charge is 0.468 e. The molecule has 1 aromatic heterocycles. The van der Waals surface area contributed by atoms with E-state index in [9.17, 15) is 17.2 Å². The predicted octanol–water partition coefficient (Wildman–Crippen LogP) is 1.63. The number of alkyl halides is 2. The minimum Gasteiger partial charge on any atom is -0.468 e. The molecule has 2 heterocycles. The van der Waals surface area contributed by atoms with E-state index in [0.717, 1.165) is 5.76 Å². The smallest absolute Gasteiger partial charge is 0.241 e. The number of nitrogens with zero attached hydrogens (tertiary/aromatic N) is 2. The summed E-state index contributed by atoms with van der Waals surface area (Å²) in [4.78, 5) is 2.13. The summed E-state index contributed by atoms with van der Waals surface area (Å²) in [5.74, 6) is -0.379. The van der Waals surface area contributed by atoms with Crippen LogP contribution in [0.25, 0.3) is 0 Å². The van der Waals surface area contributed by atoms with Crippen LogP contribution in [0.15, 0.2) is 22.8 Å². The molecule has 0 amide bonds. The van der Waals surface area contributed by atoms with Crippen molar-refractivity contribution >= 4 is 10.0 Å². The zero-order valence-corrected chi connectivity index (χ0v) is 13.0. The van der Waals surface area contributed by atoms with Gasteiger partial charge in [0.1, 0.15) is 5.76 Å². The summed E-state index contributed by atoms with van der Waals surface area (Å²) in [6.45, 7) is 2.74. The van der Waals surface area contributed by atoms with Gasteiger partial charge in [-0.05, 0) is 24.5 Å². The van der Waals surface area contributed by atoms with E-state index in [1.54, 1.807) is 6.26 Å². The lowest BCUT2D eigenvalue weighted by molar-refractivity contribution is 0.117. The molecule has 8 heteroatoms. The van der Waals surface area contributed by atoms with Crippen molar-refractivity contribution in [2.45, 2.75) is 19.4 Å². The highest BCUT2D eigenvalue weighted by molar-refractivity contribution is 7.89. The van der Waals surface area contributed by atoms with Crippen molar-refractivity contribution in [3.63, 3.8) is 0 Å². The summed E-state index contributed by atoms with van der Waals surface area (Å²) in [6, 6.07) is 3.71. The van der Waals surface area contributed by atoms with Gasteiger partial charge in [-0.15, -0.1) is 0 Å². The fourth-order valence-electron chi connectivity index (χ4n) is 2.94. The Hall–Kier alpha value is -0.990. The normalized spacial score (nSPS) is 27.4. The van der Waals surface area contributed by atoms with E-state index in [4.69, 9.17) is 4.42 Å². The van der Waals surface area contributed by atoms with E-state index in [1.165, 1.54) is 4.31 Å². The van der Waals surface area contributed by atoms with Crippen LogP contribution >= 0.6 is 0 Å². The second kappa shape index (κ2) is 6.25. The maximum absolute atomic E-state index is 12.5. The first-order chi connectivity index (χ1) is 10.5. The van der Waals surface area contributed by atoms with Gasteiger partial charge in [0.15, 0.2) is 0 Å². The molecule has 124 valence electrons. The van der Waals surface area contributed by atoms with Crippen LogP contribution in [-0.2, 0) is 16.6 Å². The molecule has 0 bridgehead atoms. The standard InChI is InChI=1S/C14H20F2N2O3S/c15-14(16)13-8-11(13)10-22(19,20)18-5-3-17(4-6-18)9-12-2-1-7-21-12/h1-2,7,11,13-14H,3-6,8-10H2/t11-,13+/m0/s1. The summed E-state index contributed by atoms with van der Waals surface area (Å²) in [5, 5.41) is 0. The molecule has 22 heavy (non-hydrogen) atoms. The monoisotopic (exact) mass is 334 g/mol. The molecule has 2 fully saturated rings. The van der Waals surface area contributed by atoms with Crippen LogP contribution < -0.4 is 0 Å². The average Bonchev–Trinajstić information content (AvgIpc) is 3.03. The van der Waals surface area contributed by atoms with Gasteiger partial charge in [0.25, 0.3) is 0 Å². The molecule has 1 aliphatic heterocycles. The topological polar surface area (TPSA) is 53.8 Å². The van der Waals surface area contributed by atoms with Crippen molar-refractivity contribution < 1.29 is 21.6 Å². The number of hydrogen-bond donors (Lipinski definition) is 0. The first-order valence-electron chi connectivity index (χ1n) is 7.46. The number of hydrogen-bond acceptors (Lipinski definition) is 4. The van der Waals surface area contributed by atoms with Crippen LogP contribution in [-0.4, -0.2) is 56.0 Å². The lowest BCUT2D eigenvalue weighted by Gasteiger charge is -2.33. The van der Waals surface area contributed by atoms with Crippen LogP contribution in [0.1, 0.15) is 12.2 Å². The second-order valence-electron chi connectivity index (χ2n) is 6.03. The fraction of sp³-hybridized carbons (Fsp3) is 0.714. The van der Waals surface area contributed by atoms with E-state index in [2.05, 4.69) is 4.90 Å². The van der Waals surface area contributed by atoms with Crippen molar-refractivity contribution in [2.24, 2.45) is 11.8 Å². The van der Waals surface area contributed by atoms with Gasteiger partial charge in [-0.2, -0.15) is 4.31 Å². The van der Waals surface area contributed by atoms with Crippen LogP contribution in [0.2, 0.25) is 0 Å². The van der Waals surface area contributed by atoms with Gasteiger partial charge in [-0.1, -0.05) is 0 Å². The molecule has 0 aromatic carbocycles. The first kappa shape index (κ1) is 15.9. The summed E-state index contributed by atoms with van der Waals surface area (Å²) >= 11 is 0. The molecule has 1 saturated heterocycles. The lowest BCUT2D eigenvalue weighted by Crippen LogP contribution is -2.49. The third-order valence-electron chi connectivity index (χ3n) is 4.41. The van der Waals surface area contributed by atoms with E-state index in [-0.39, 0.29) is 11.7 Å². The molecule has 0 radical (unpaired) electrons. The lowest BCUT2D eigenvalue weighted by atomic mass is 10.3. The van der Waals surface area contributed by atoms with Gasteiger partial charge in [-0.25, -0.2) is 17.2 Å². The zero-order chi connectivity index (χ0) is 15.7. The van der Waals surface area contributed by atoms with Gasteiger partial charge in [0, 0.05) is 32.1 Å².